The predicted molar refractivity (Wildman–Crippen MR) is 81.5 cm³/mol. The van der Waals surface area contributed by atoms with E-state index in [1.807, 2.05) is 42.5 Å². The Hall–Kier alpha value is -2.59. The molecule has 1 heterocycles. The van der Waals surface area contributed by atoms with Crippen molar-refractivity contribution in [3.05, 3.63) is 59.8 Å². The number of carboxylic acids is 1. The van der Waals surface area contributed by atoms with Gasteiger partial charge >= 0.3 is 5.97 Å². The van der Waals surface area contributed by atoms with Crippen molar-refractivity contribution in [1.82, 2.24) is 4.98 Å². The Labute approximate surface area is 121 Å². The van der Waals surface area contributed by atoms with E-state index in [4.69, 9.17) is 10.2 Å². The number of aliphatic hydroxyl groups excluding tert-OH is 1. The van der Waals surface area contributed by atoms with Gasteiger partial charge in [0.15, 0.2) is 0 Å². The van der Waals surface area contributed by atoms with Crippen molar-refractivity contribution >= 4 is 16.9 Å². The van der Waals surface area contributed by atoms with Crippen molar-refractivity contribution < 1.29 is 15.0 Å². The van der Waals surface area contributed by atoms with Crippen LogP contribution in [0.15, 0.2) is 48.7 Å². The Kier molecular flexibility index (Phi) is 3.46. The highest BCUT2D eigenvalue weighted by molar-refractivity contribution is 6.04. The fourth-order valence-corrected chi connectivity index (χ4v) is 2.48. The molecule has 0 aliphatic carbocycles. The first-order valence-corrected chi connectivity index (χ1v) is 6.73. The third kappa shape index (κ3) is 2.53. The van der Waals surface area contributed by atoms with Gasteiger partial charge in [0.25, 0.3) is 0 Å². The molecule has 2 aromatic carbocycles. The lowest BCUT2D eigenvalue weighted by Gasteiger charge is -2.04. The molecule has 4 heteroatoms. The molecule has 0 bridgehead atoms. The minimum absolute atomic E-state index is 0.145. The highest BCUT2D eigenvalue weighted by Gasteiger charge is 2.10. The highest BCUT2D eigenvalue weighted by atomic mass is 16.4. The van der Waals surface area contributed by atoms with Gasteiger partial charge in [0.2, 0.25) is 0 Å². The van der Waals surface area contributed by atoms with Crippen LogP contribution in [0.5, 0.6) is 0 Å². The summed E-state index contributed by atoms with van der Waals surface area (Å²) in [6, 6.07) is 13.7. The molecule has 0 saturated carbocycles. The summed E-state index contributed by atoms with van der Waals surface area (Å²) in [7, 11) is 0. The monoisotopic (exact) mass is 281 g/mol. The SMILES string of the molecule is O=C(O)c1c[nH]c2cc(-c3ccc(CCO)cc3)ccc12. The molecule has 0 saturated heterocycles. The largest absolute Gasteiger partial charge is 0.478 e. The number of aliphatic hydroxyl groups is 1. The van der Waals surface area contributed by atoms with Crippen LogP contribution in [0.3, 0.4) is 0 Å². The number of hydrogen-bond acceptors (Lipinski definition) is 2. The summed E-state index contributed by atoms with van der Waals surface area (Å²) in [5.41, 5.74) is 4.27. The first-order chi connectivity index (χ1) is 10.2. The van der Waals surface area contributed by atoms with E-state index in [9.17, 15) is 4.79 Å². The summed E-state index contributed by atoms with van der Waals surface area (Å²) in [6.45, 7) is 0.145. The Balaban J connectivity index is 1.99. The lowest BCUT2D eigenvalue weighted by Crippen LogP contribution is -1.93. The molecule has 0 fully saturated rings. The van der Waals surface area contributed by atoms with E-state index < -0.39 is 5.97 Å². The first kappa shape index (κ1) is 13.4. The molecule has 3 aromatic rings. The molecule has 0 atom stereocenters. The Bertz CT molecular complexity index is 787. The highest BCUT2D eigenvalue weighted by Crippen LogP contribution is 2.26. The van der Waals surface area contributed by atoms with Crippen LogP contribution in [0.4, 0.5) is 0 Å². The van der Waals surface area contributed by atoms with Crippen molar-refractivity contribution in [2.45, 2.75) is 6.42 Å². The van der Waals surface area contributed by atoms with Crippen LogP contribution < -0.4 is 0 Å². The number of aromatic carboxylic acids is 1. The van der Waals surface area contributed by atoms with Gasteiger partial charge in [-0.05, 0) is 29.2 Å². The van der Waals surface area contributed by atoms with Crippen LogP contribution in [0.25, 0.3) is 22.0 Å². The molecule has 4 nitrogen and oxygen atoms in total. The Morgan fingerprint density at radius 3 is 2.43 bits per heavy atom. The second-order valence-electron chi connectivity index (χ2n) is 4.94. The van der Waals surface area contributed by atoms with Crippen molar-refractivity contribution in [3.8, 4) is 11.1 Å². The van der Waals surface area contributed by atoms with Gasteiger partial charge in [-0.2, -0.15) is 0 Å². The average Bonchev–Trinajstić information content (AvgIpc) is 2.91. The average molecular weight is 281 g/mol. The van der Waals surface area contributed by atoms with E-state index in [0.717, 1.165) is 22.2 Å². The molecule has 0 radical (unpaired) electrons. The van der Waals surface area contributed by atoms with E-state index in [2.05, 4.69) is 4.98 Å². The van der Waals surface area contributed by atoms with Crippen LogP contribution in [-0.4, -0.2) is 27.8 Å². The smallest absolute Gasteiger partial charge is 0.337 e. The van der Waals surface area contributed by atoms with Crippen LogP contribution in [-0.2, 0) is 6.42 Å². The second-order valence-corrected chi connectivity index (χ2v) is 4.94. The number of aromatic amines is 1. The summed E-state index contributed by atoms with van der Waals surface area (Å²) >= 11 is 0. The lowest BCUT2D eigenvalue weighted by atomic mass is 10.0. The normalized spacial score (nSPS) is 10.9. The molecule has 0 amide bonds. The Morgan fingerprint density at radius 2 is 1.76 bits per heavy atom. The van der Waals surface area contributed by atoms with Crippen LogP contribution in [0, 0.1) is 0 Å². The zero-order valence-corrected chi connectivity index (χ0v) is 11.3. The molecular weight excluding hydrogens is 266 g/mol. The van der Waals surface area contributed by atoms with Crippen LogP contribution in [0.2, 0.25) is 0 Å². The number of aromatic nitrogens is 1. The van der Waals surface area contributed by atoms with Gasteiger partial charge in [0.1, 0.15) is 0 Å². The number of carboxylic acid groups (broad SMARTS) is 1. The zero-order chi connectivity index (χ0) is 14.8. The van der Waals surface area contributed by atoms with Gasteiger partial charge in [-0.1, -0.05) is 36.4 Å². The maximum absolute atomic E-state index is 11.1. The zero-order valence-electron chi connectivity index (χ0n) is 11.3. The molecule has 1 aromatic heterocycles. The van der Waals surface area contributed by atoms with Gasteiger partial charge in [0, 0.05) is 23.7 Å². The standard InChI is InChI=1S/C17H15NO3/c19-8-7-11-1-3-12(4-2-11)13-5-6-14-15(17(20)21)10-18-16(14)9-13/h1-6,9-10,18-19H,7-8H2,(H,20,21). The number of carbonyl (C=O) groups is 1. The van der Waals surface area contributed by atoms with E-state index in [0.29, 0.717) is 11.8 Å². The summed E-state index contributed by atoms with van der Waals surface area (Å²) in [6.07, 6.45) is 2.17. The second kappa shape index (κ2) is 5.42. The fraction of sp³-hybridized carbons (Fsp3) is 0.118. The summed E-state index contributed by atoms with van der Waals surface area (Å²) < 4.78 is 0. The minimum Gasteiger partial charge on any atom is -0.478 e. The fourth-order valence-electron chi connectivity index (χ4n) is 2.48. The number of nitrogens with one attached hydrogen (secondary N) is 1. The van der Waals surface area contributed by atoms with Gasteiger partial charge in [-0.3, -0.25) is 0 Å². The third-order valence-electron chi connectivity index (χ3n) is 3.60. The van der Waals surface area contributed by atoms with Gasteiger partial charge in [-0.25, -0.2) is 4.79 Å². The molecule has 0 spiro atoms. The maximum atomic E-state index is 11.1. The van der Waals surface area contributed by atoms with Crippen molar-refractivity contribution in [2.75, 3.05) is 6.61 Å². The number of hydrogen-bond donors (Lipinski definition) is 3. The molecular formula is C17H15NO3. The quantitative estimate of drug-likeness (QED) is 0.688. The molecule has 3 rings (SSSR count). The Morgan fingerprint density at radius 1 is 1.05 bits per heavy atom. The van der Waals surface area contributed by atoms with Crippen molar-refractivity contribution in [3.63, 3.8) is 0 Å². The maximum Gasteiger partial charge on any atom is 0.337 e. The number of benzene rings is 2. The summed E-state index contributed by atoms with van der Waals surface area (Å²) in [4.78, 5) is 14.1. The number of fused-ring (bicyclic) bond motifs is 1. The summed E-state index contributed by atoms with van der Waals surface area (Å²) in [5.74, 6) is -0.928. The topological polar surface area (TPSA) is 73.3 Å². The van der Waals surface area contributed by atoms with E-state index >= 15 is 0 Å². The van der Waals surface area contributed by atoms with Gasteiger partial charge in [0.05, 0.1) is 5.56 Å². The van der Waals surface area contributed by atoms with Gasteiger partial charge in [-0.15, -0.1) is 0 Å². The van der Waals surface area contributed by atoms with Crippen molar-refractivity contribution in [1.29, 1.82) is 0 Å². The van der Waals surface area contributed by atoms with E-state index in [1.165, 1.54) is 6.20 Å². The minimum atomic E-state index is -0.928. The first-order valence-electron chi connectivity index (χ1n) is 6.73. The number of H-pyrrole nitrogens is 1. The van der Waals surface area contributed by atoms with Crippen LogP contribution >= 0.6 is 0 Å². The predicted octanol–water partition coefficient (Wildman–Crippen LogP) is 3.07. The van der Waals surface area contributed by atoms with Gasteiger partial charge < -0.3 is 15.2 Å². The number of rotatable bonds is 4. The van der Waals surface area contributed by atoms with E-state index in [1.54, 1.807) is 0 Å². The molecule has 3 N–H and O–H groups in total. The van der Waals surface area contributed by atoms with E-state index in [-0.39, 0.29) is 12.2 Å². The molecule has 21 heavy (non-hydrogen) atoms. The van der Waals surface area contributed by atoms with Crippen LogP contribution in [0.1, 0.15) is 15.9 Å². The molecule has 0 unspecified atom stereocenters. The van der Waals surface area contributed by atoms with Crippen molar-refractivity contribution in [2.24, 2.45) is 0 Å². The molecule has 0 aliphatic heterocycles. The molecule has 0 aliphatic rings. The molecule has 106 valence electrons. The lowest BCUT2D eigenvalue weighted by molar-refractivity contribution is 0.0699. The summed E-state index contributed by atoms with van der Waals surface area (Å²) in [5, 5.41) is 18.7. The third-order valence-corrected chi connectivity index (χ3v) is 3.60.